The van der Waals surface area contributed by atoms with Gasteiger partial charge in [-0.1, -0.05) is 60.2 Å². The van der Waals surface area contributed by atoms with E-state index < -0.39 is 0 Å². The first-order valence-corrected chi connectivity index (χ1v) is 6.20. The lowest BCUT2D eigenvalue weighted by molar-refractivity contribution is 0.0975. The molecule has 0 N–H and O–H groups in total. The van der Waals surface area contributed by atoms with Gasteiger partial charge < -0.3 is 0 Å². The standard InChI is InChI=1S/C16H11ClO/c17-13-8-5-12(6-9-13)15-10-7-11-3-1-2-4-14(11)16(15)18/h1-10,15H. The highest BCUT2D eigenvalue weighted by Crippen LogP contribution is 2.30. The van der Waals surface area contributed by atoms with Gasteiger partial charge in [-0.3, -0.25) is 4.79 Å². The third kappa shape index (κ3) is 1.87. The number of ketones is 1. The van der Waals surface area contributed by atoms with Gasteiger partial charge in [0.05, 0.1) is 5.92 Å². The molecule has 0 aliphatic heterocycles. The van der Waals surface area contributed by atoms with Crippen molar-refractivity contribution in [2.75, 3.05) is 0 Å². The molecule has 0 spiro atoms. The Balaban J connectivity index is 2.03. The monoisotopic (exact) mass is 254 g/mol. The minimum Gasteiger partial charge on any atom is -0.293 e. The predicted molar refractivity (Wildman–Crippen MR) is 74.0 cm³/mol. The Labute approximate surface area is 111 Å². The molecule has 0 aromatic heterocycles. The molecule has 3 rings (SSSR count). The number of Topliss-reactive ketones (excluding diaryl/α,β-unsaturated/α-hetero) is 1. The number of carbonyl (C=O) groups excluding carboxylic acids is 1. The van der Waals surface area contributed by atoms with Crippen LogP contribution >= 0.6 is 11.6 Å². The van der Waals surface area contributed by atoms with Crippen molar-refractivity contribution in [1.29, 1.82) is 0 Å². The molecule has 0 heterocycles. The maximum absolute atomic E-state index is 12.4. The number of halogens is 1. The minimum atomic E-state index is -0.197. The Morgan fingerprint density at radius 3 is 2.44 bits per heavy atom. The van der Waals surface area contributed by atoms with Crippen LogP contribution in [0.15, 0.2) is 54.6 Å². The molecular formula is C16H11ClO. The number of hydrogen-bond acceptors (Lipinski definition) is 1. The summed E-state index contributed by atoms with van der Waals surface area (Å²) in [5, 5.41) is 0.686. The Morgan fingerprint density at radius 2 is 1.67 bits per heavy atom. The summed E-state index contributed by atoms with van der Waals surface area (Å²) in [5.41, 5.74) is 2.77. The first kappa shape index (κ1) is 11.2. The normalized spacial score (nSPS) is 17.6. The highest BCUT2D eigenvalue weighted by molar-refractivity contribution is 6.30. The van der Waals surface area contributed by atoms with Crippen molar-refractivity contribution in [3.05, 3.63) is 76.3 Å². The Kier molecular flexibility index (Phi) is 2.77. The van der Waals surface area contributed by atoms with Crippen LogP contribution < -0.4 is 0 Å². The van der Waals surface area contributed by atoms with Crippen molar-refractivity contribution in [2.24, 2.45) is 0 Å². The first-order valence-electron chi connectivity index (χ1n) is 5.82. The molecule has 88 valence electrons. The maximum Gasteiger partial charge on any atom is 0.174 e. The summed E-state index contributed by atoms with van der Waals surface area (Å²) >= 11 is 5.87. The SMILES string of the molecule is O=C1c2ccccc2C=CC1c1ccc(Cl)cc1. The third-order valence-electron chi connectivity index (χ3n) is 3.21. The van der Waals surface area contributed by atoms with Crippen LogP contribution in [0.3, 0.4) is 0 Å². The molecule has 1 aliphatic carbocycles. The van der Waals surface area contributed by atoms with E-state index in [2.05, 4.69) is 0 Å². The van der Waals surface area contributed by atoms with E-state index in [1.54, 1.807) is 0 Å². The van der Waals surface area contributed by atoms with Gasteiger partial charge in [0.15, 0.2) is 5.78 Å². The van der Waals surface area contributed by atoms with Crippen LogP contribution in [-0.2, 0) is 0 Å². The van der Waals surface area contributed by atoms with Crippen LogP contribution in [0.1, 0.15) is 27.4 Å². The second-order valence-electron chi connectivity index (χ2n) is 4.34. The quantitative estimate of drug-likeness (QED) is 0.740. The molecule has 18 heavy (non-hydrogen) atoms. The van der Waals surface area contributed by atoms with Gasteiger partial charge in [-0.25, -0.2) is 0 Å². The fraction of sp³-hybridized carbons (Fsp3) is 0.0625. The summed E-state index contributed by atoms with van der Waals surface area (Å²) in [6.07, 6.45) is 3.96. The molecule has 2 aromatic carbocycles. The van der Waals surface area contributed by atoms with E-state index in [9.17, 15) is 4.79 Å². The van der Waals surface area contributed by atoms with Gasteiger partial charge in [-0.05, 0) is 23.3 Å². The molecule has 0 saturated heterocycles. The van der Waals surface area contributed by atoms with Crippen molar-refractivity contribution in [3.8, 4) is 0 Å². The van der Waals surface area contributed by atoms with Gasteiger partial charge in [0.25, 0.3) is 0 Å². The molecule has 1 atom stereocenters. The van der Waals surface area contributed by atoms with E-state index in [1.165, 1.54) is 0 Å². The largest absolute Gasteiger partial charge is 0.293 e. The summed E-state index contributed by atoms with van der Waals surface area (Å²) in [4.78, 5) is 12.4. The summed E-state index contributed by atoms with van der Waals surface area (Å²) in [5.74, 6) is -0.0485. The van der Waals surface area contributed by atoms with Gasteiger partial charge in [-0.15, -0.1) is 0 Å². The lowest BCUT2D eigenvalue weighted by Gasteiger charge is -2.18. The number of hydrogen-bond donors (Lipinski definition) is 0. The van der Waals surface area contributed by atoms with E-state index in [4.69, 9.17) is 11.6 Å². The van der Waals surface area contributed by atoms with Gasteiger partial charge in [0.2, 0.25) is 0 Å². The molecule has 0 fully saturated rings. The van der Waals surface area contributed by atoms with E-state index in [0.717, 1.165) is 16.7 Å². The molecule has 0 amide bonds. The van der Waals surface area contributed by atoms with Gasteiger partial charge in [0.1, 0.15) is 0 Å². The van der Waals surface area contributed by atoms with Crippen molar-refractivity contribution in [1.82, 2.24) is 0 Å². The maximum atomic E-state index is 12.4. The molecule has 0 saturated carbocycles. The lowest BCUT2D eigenvalue weighted by atomic mass is 9.84. The van der Waals surface area contributed by atoms with Crippen LogP contribution in [0, 0.1) is 0 Å². The van der Waals surface area contributed by atoms with Crippen molar-refractivity contribution in [2.45, 2.75) is 5.92 Å². The highest BCUT2D eigenvalue weighted by atomic mass is 35.5. The van der Waals surface area contributed by atoms with Gasteiger partial charge in [0, 0.05) is 10.6 Å². The molecule has 1 aliphatic rings. The predicted octanol–water partition coefficient (Wildman–Crippen LogP) is 4.33. The third-order valence-corrected chi connectivity index (χ3v) is 3.46. The molecule has 2 aromatic rings. The second-order valence-corrected chi connectivity index (χ2v) is 4.78. The zero-order valence-electron chi connectivity index (χ0n) is 9.64. The zero-order valence-corrected chi connectivity index (χ0v) is 10.4. The summed E-state index contributed by atoms with van der Waals surface area (Å²) < 4.78 is 0. The summed E-state index contributed by atoms with van der Waals surface area (Å²) in [6, 6.07) is 15.1. The first-order chi connectivity index (χ1) is 8.75. The van der Waals surface area contributed by atoms with Crippen LogP contribution in [0.4, 0.5) is 0 Å². The number of fused-ring (bicyclic) bond motifs is 1. The Morgan fingerprint density at radius 1 is 0.944 bits per heavy atom. The van der Waals surface area contributed by atoms with Crippen molar-refractivity contribution >= 4 is 23.5 Å². The highest BCUT2D eigenvalue weighted by Gasteiger charge is 2.24. The van der Waals surface area contributed by atoms with Crippen molar-refractivity contribution in [3.63, 3.8) is 0 Å². The minimum absolute atomic E-state index is 0.149. The van der Waals surface area contributed by atoms with Crippen LogP contribution in [-0.4, -0.2) is 5.78 Å². The van der Waals surface area contributed by atoms with Gasteiger partial charge in [-0.2, -0.15) is 0 Å². The number of rotatable bonds is 1. The molecule has 1 nitrogen and oxygen atoms in total. The summed E-state index contributed by atoms with van der Waals surface area (Å²) in [6.45, 7) is 0. The number of carbonyl (C=O) groups is 1. The van der Waals surface area contributed by atoms with E-state index >= 15 is 0 Å². The number of benzene rings is 2. The Bertz CT molecular complexity index is 626. The lowest BCUT2D eigenvalue weighted by Crippen LogP contribution is -2.15. The fourth-order valence-electron chi connectivity index (χ4n) is 2.25. The van der Waals surface area contributed by atoms with E-state index in [0.29, 0.717) is 5.02 Å². The molecule has 1 unspecified atom stereocenters. The van der Waals surface area contributed by atoms with Crippen LogP contribution in [0.25, 0.3) is 6.08 Å². The molecule has 2 heteroatoms. The smallest absolute Gasteiger partial charge is 0.174 e. The molecule has 0 radical (unpaired) electrons. The molecule has 0 bridgehead atoms. The second kappa shape index (κ2) is 4.43. The fourth-order valence-corrected chi connectivity index (χ4v) is 2.38. The molecular weight excluding hydrogens is 244 g/mol. The average molecular weight is 255 g/mol. The average Bonchev–Trinajstić information content (AvgIpc) is 2.41. The van der Waals surface area contributed by atoms with Crippen LogP contribution in [0.5, 0.6) is 0 Å². The zero-order chi connectivity index (χ0) is 12.5. The van der Waals surface area contributed by atoms with E-state index in [-0.39, 0.29) is 11.7 Å². The topological polar surface area (TPSA) is 17.1 Å². The van der Waals surface area contributed by atoms with Crippen LogP contribution in [0.2, 0.25) is 5.02 Å². The summed E-state index contributed by atoms with van der Waals surface area (Å²) in [7, 11) is 0. The van der Waals surface area contributed by atoms with Crippen molar-refractivity contribution < 1.29 is 4.79 Å². The van der Waals surface area contributed by atoms with E-state index in [1.807, 2.05) is 60.7 Å². The number of allylic oxidation sites excluding steroid dienone is 1. The Hall–Kier alpha value is -1.86. The van der Waals surface area contributed by atoms with Gasteiger partial charge >= 0.3 is 0 Å².